The van der Waals surface area contributed by atoms with Crippen molar-refractivity contribution in [1.82, 2.24) is 20.2 Å². The molecule has 2 aliphatic carbocycles. The largest absolute Gasteiger partial charge is 0.391 e. The van der Waals surface area contributed by atoms with Gasteiger partial charge in [-0.25, -0.2) is 8.78 Å². The Hall–Kier alpha value is -2.92. The molecule has 2 saturated heterocycles. The topological polar surface area (TPSA) is 100 Å². The van der Waals surface area contributed by atoms with Crippen molar-refractivity contribution in [3.8, 4) is 0 Å². The number of benzene rings is 2. The van der Waals surface area contributed by atoms with Gasteiger partial charge in [0.25, 0.3) is 0 Å². The second-order valence-electron chi connectivity index (χ2n) is 16.3. The van der Waals surface area contributed by atoms with Gasteiger partial charge in [0.15, 0.2) is 14.1 Å². The van der Waals surface area contributed by atoms with Gasteiger partial charge in [-0.15, -0.1) is 0 Å². The molecule has 0 atom stereocenters. The lowest BCUT2D eigenvalue weighted by Crippen LogP contribution is -2.64. The van der Waals surface area contributed by atoms with Crippen LogP contribution in [0.25, 0.3) is 21.8 Å². The lowest BCUT2D eigenvalue weighted by atomic mass is 9.73. The second kappa shape index (κ2) is 13.3. The van der Waals surface area contributed by atoms with Crippen molar-refractivity contribution in [3.05, 3.63) is 68.4 Å². The van der Waals surface area contributed by atoms with Gasteiger partial charge in [0, 0.05) is 138 Å². The molecule has 4 aromatic rings. The van der Waals surface area contributed by atoms with Gasteiger partial charge in [0.2, 0.25) is 11.8 Å². The number of hydrogen-bond acceptors (Lipinski definition) is 8. The van der Waals surface area contributed by atoms with Gasteiger partial charge >= 0.3 is 0 Å². The smallest absolute Gasteiger partial charge is 0.240 e. The molecular formula is C39H98Br2F2N6O4Si. The summed E-state index contributed by atoms with van der Waals surface area (Å²) in [6.07, 6.45) is 8.02. The Balaban J connectivity index is -0.0000000339. The Labute approximate surface area is 371 Å². The molecule has 2 aromatic heterocycles. The number of ether oxygens (including phenoxy) is 1. The van der Waals surface area contributed by atoms with E-state index < -0.39 is 19.1 Å². The molecule has 0 radical (unpaired) electrons. The highest BCUT2D eigenvalue weighted by Crippen LogP contribution is 2.52. The van der Waals surface area contributed by atoms with E-state index >= 15 is 0 Å². The van der Waals surface area contributed by atoms with Crippen molar-refractivity contribution in [1.29, 1.82) is 0 Å². The molecule has 340 valence electrons. The number of nitrogens with zero attached hydrogens (tertiary/aromatic N) is 5. The number of carbonyl (C=O) groups excluding carboxylic acids is 2. The molecule has 4 fully saturated rings. The second-order valence-corrected chi connectivity index (χ2v) is 22.4. The highest BCUT2D eigenvalue weighted by atomic mass is 79.9. The standard InChI is InChI=1S/C17H15BrFN3O.C14H11BrFN3O.C8H18O2Si.27H2/c1-21-14-6-20-13-5-12(19)11(18)4-10(13)15(14)17(16(21)23)7-22(8-17)9-2-3-9;1-19-11-4-18-10-3-9(16)8(15)2-7(10)12(11)14(13(19)20)5-17-6-14;1-5-9-8(6-7-8)10-11(2,3)4;;;;;;;;;;;;;;;;;;;;;;;;;;;/h4-6,9H,2-3,7-8H2,1H3;2-4,17H,5-6H2,1H3;5-7H2,1-4H3;27*1H. The lowest BCUT2D eigenvalue weighted by molar-refractivity contribution is -0.129. The van der Waals surface area contributed by atoms with Crippen LogP contribution in [0.4, 0.5) is 20.2 Å². The summed E-state index contributed by atoms with van der Waals surface area (Å²) in [6, 6.07) is 6.99. The molecule has 2 saturated carbocycles. The number of carbonyl (C=O) groups is 2. The van der Waals surface area contributed by atoms with Crippen molar-refractivity contribution in [2.75, 3.05) is 56.7 Å². The number of likely N-dealkylation sites (tertiary alicyclic amines) is 1. The number of rotatable bonds is 5. The van der Waals surface area contributed by atoms with Crippen LogP contribution in [0, 0.1) is 11.6 Å². The van der Waals surface area contributed by atoms with Crippen molar-refractivity contribution >= 4 is 85.2 Å². The molecule has 2 amide bonds. The van der Waals surface area contributed by atoms with E-state index in [0.29, 0.717) is 39.1 Å². The van der Waals surface area contributed by atoms with Gasteiger partial charge in [-0.3, -0.25) is 24.5 Å². The number of nitrogens with one attached hydrogen (secondary N) is 1. The maximum absolute atomic E-state index is 13.8. The van der Waals surface area contributed by atoms with Gasteiger partial charge in [-0.05, 0) is 83.4 Å². The summed E-state index contributed by atoms with van der Waals surface area (Å²) in [5.74, 6) is -0.604. The fraction of sp³-hybridized carbons (Fsp3) is 0.487. The van der Waals surface area contributed by atoms with Crippen molar-refractivity contribution in [2.45, 2.75) is 74.9 Å². The minimum absolute atomic E-state index is 0. The van der Waals surface area contributed by atoms with Crippen molar-refractivity contribution < 1.29 is 66.1 Å². The fourth-order valence-corrected chi connectivity index (χ4v) is 10.5. The first-order valence-corrected chi connectivity index (χ1v) is 23.4. The zero-order chi connectivity index (χ0) is 38.5. The van der Waals surface area contributed by atoms with Crippen LogP contribution in [0.1, 0.15) is 82.3 Å². The Kier molecular flexibility index (Phi) is 9.38. The van der Waals surface area contributed by atoms with Gasteiger partial charge in [0.05, 0.1) is 43.7 Å². The van der Waals surface area contributed by atoms with Crippen LogP contribution in [0.15, 0.2) is 45.6 Å². The number of aromatic nitrogens is 2. The molecule has 6 aliphatic rings. The Bertz CT molecular complexity index is 2290. The molecule has 0 bridgehead atoms. The molecule has 54 heavy (non-hydrogen) atoms. The van der Waals surface area contributed by atoms with Crippen LogP contribution in [-0.4, -0.2) is 93.7 Å². The van der Waals surface area contributed by atoms with E-state index in [2.05, 4.69) is 71.7 Å². The van der Waals surface area contributed by atoms with Gasteiger partial charge in [-0.2, -0.15) is 0 Å². The van der Waals surface area contributed by atoms with Crippen molar-refractivity contribution in [3.63, 3.8) is 0 Å². The maximum Gasteiger partial charge on any atom is 0.240 e. The lowest BCUT2D eigenvalue weighted by Gasteiger charge is -2.47. The number of likely N-dealkylation sites (N-methyl/N-ethyl adjacent to an activating group) is 2. The predicted octanol–water partition coefficient (Wildman–Crippen LogP) is 13.8. The number of halogens is 4. The number of hydrogen-bond donors (Lipinski definition) is 1. The first-order chi connectivity index (χ1) is 25.5. The highest BCUT2D eigenvalue weighted by Gasteiger charge is 2.60. The normalized spacial score (nSPS) is 21.4. The minimum Gasteiger partial charge on any atom is -0.391 e. The summed E-state index contributed by atoms with van der Waals surface area (Å²) >= 11 is 6.48. The molecule has 6 heterocycles. The molecule has 2 spiro atoms. The monoisotopic (exact) mass is 939 g/mol. The molecule has 0 unspecified atom stereocenters. The average Bonchev–Trinajstić information content (AvgIpc) is 4.01. The first kappa shape index (κ1) is 38.0. The van der Waals surface area contributed by atoms with E-state index in [1.54, 1.807) is 41.4 Å². The first-order valence-electron chi connectivity index (χ1n) is 18.4. The van der Waals surface area contributed by atoms with Crippen LogP contribution < -0.4 is 15.1 Å². The summed E-state index contributed by atoms with van der Waals surface area (Å²) in [4.78, 5) is 39.9. The van der Waals surface area contributed by atoms with Crippen LogP contribution in [0.5, 0.6) is 0 Å². The average molecular weight is 941 g/mol. The van der Waals surface area contributed by atoms with Gasteiger partial charge in [-0.1, -0.05) is 0 Å². The summed E-state index contributed by atoms with van der Waals surface area (Å²) < 4.78 is 39.7. The molecule has 15 heteroatoms. The maximum atomic E-state index is 13.8. The number of pyridine rings is 2. The van der Waals surface area contributed by atoms with Gasteiger partial charge < -0.3 is 24.3 Å². The van der Waals surface area contributed by atoms with Crippen LogP contribution in [0.3, 0.4) is 0 Å². The van der Waals surface area contributed by atoms with Crippen LogP contribution in [0.2, 0.25) is 19.6 Å². The summed E-state index contributed by atoms with van der Waals surface area (Å²) in [5, 5.41) is 4.89. The highest BCUT2D eigenvalue weighted by molar-refractivity contribution is 9.10. The van der Waals surface area contributed by atoms with E-state index in [1.807, 2.05) is 14.0 Å². The molecular weight excluding hydrogens is 842 g/mol. The van der Waals surface area contributed by atoms with E-state index in [9.17, 15) is 18.4 Å². The number of amides is 2. The molecule has 1 N–H and O–H groups in total. The molecule has 10 rings (SSSR count). The Morgan fingerprint density at radius 3 is 1.74 bits per heavy atom. The Morgan fingerprint density at radius 1 is 0.852 bits per heavy atom. The fourth-order valence-electron chi connectivity index (χ4n) is 8.48. The molecule has 4 aliphatic heterocycles. The molecule has 10 nitrogen and oxygen atoms in total. The van der Waals surface area contributed by atoms with E-state index in [-0.39, 0.29) is 67.8 Å². The third kappa shape index (κ3) is 6.22. The molecule has 2 aromatic carbocycles. The quantitative estimate of drug-likeness (QED) is 0.156. The van der Waals surface area contributed by atoms with Crippen molar-refractivity contribution in [2.24, 2.45) is 0 Å². The van der Waals surface area contributed by atoms with E-state index in [1.165, 1.54) is 25.0 Å². The van der Waals surface area contributed by atoms with Gasteiger partial charge in [0.1, 0.15) is 22.5 Å². The zero-order valence-electron chi connectivity index (χ0n) is 31.3. The van der Waals surface area contributed by atoms with Crippen LogP contribution >= 0.6 is 31.9 Å². The third-order valence-electron chi connectivity index (χ3n) is 11.3. The zero-order valence-corrected chi connectivity index (χ0v) is 35.5. The van der Waals surface area contributed by atoms with E-state index in [0.717, 1.165) is 65.8 Å². The Morgan fingerprint density at radius 2 is 1.33 bits per heavy atom. The predicted molar refractivity (Wildman–Crippen MR) is 272 cm³/mol. The summed E-state index contributed by atoms with van der Waals surface area (Å²) in [7, 11) is 2.18. The van der Waals surface area contributed by atoms with E-state index in [4.69, 9.17) is 9.16 Å². The van der Waals surface area contributed by atoms with Crippen LogP contribution in [-0.2, 0) is 29.6 Å². The SMILES string of the molecule is CCOC1(O[Si](C)(C)C)CC1.CN1C(=O)C2(CN(C3CC3)C2)c2c1cnc1cc(F)c(Br)cc21.CN1C(=O)C2(CNC2)c2c1cnc1cc(F)c(Br)cc21.[HH].[HH].[HH].[HH].[HH].[HH].[HH].[HH].[HH].[HH].[HH].[HH].[HH].[HH].[HH].[HH].[HH].[HH].[HH].[HH].[HH].[HH].[HH].[HH].[HH].[HH].[HH]. The number of anilines is 2. The summed E-state index contributed by atoms with van der Waals surface area (Å²) in [6.45, 7) is 12.2. The number of fused-ring (bicyclic) bond motifs is 8. The summed E-state index contributed by atoms with van der Waals surface area (Å²) in [5.41, 5.74) is 3.87. The third-order valence-corrected chi connectivity index (χ3v) is 13.5. The minimum atomic E-state index is -1.39.